The monoisotopic (exact) mass is 479 g/mol. The van der Waals surface area contributed by atoms with Crippen molar-refractivity contribution in [1.82, 2.24) is 14.5 Å². The summed E-state index contributed by atoms with van der Waals surface area (Å²) in [5, 5.41) is 3.97. The van der Waals surface area contributed by atoms with E-state index in [1.54, 1.807) is 24.3 Å². The molecule has 6 nitrogen and oxygen atoms in total. The molecule has 1 N–H and O–H groups in total. The molecule has 0 unspecified atom stereocenters. The lowest BCUT2D eigenvalue weighted by Gasteiger charge is -2.13. The van der Waals surface area contributed by atoms with Crippen molar-refractivity contribution < 1.29 is 4.79 Å². The van der Waals surface area contributed by atoms with Gasteiger partial charge in [0.25, 0.3) is 5.56 Å². The van der Waals surface area contributed by atoms with E-state index in [1.807, 2.05) is 30.3 Å². The van der Waals surface area contributed by atoms with Crippen molar-refractivity contribution in [3.63, 3.8) is 0 Å². The zero-order chi connectivity index (χ0) is 22.9. The molecule has 0 radical (unpaired) electrons. The van der Waals surface area contributed by atoms with E-state index in [2.05, 4.69) is 5.32 Å². The predicted octanol–water partition coefficient (Wildman–Crippen LogP) is 3.71. The number of nitrogens with one attached hydrogen (secondary N) is 1. The maximum absolute atomic E-state index is 13.5. The zero-order valence-electron chi connectivity index (χ0n) is 17.8. The Hall–Kier alpha value is -3.16. The average Bonchev–Trinajstić information content (AvgIpc) is 3.40. The molecule has 0 aliphatic heterocycles. The van der Waals surface area contributed by atoms with Crippen molar-refractivity contribution in [3.8, 4) is 5.69 Å². The van der Waals surface area contributed by atoms with Gasteiger partial charge in [0, 0.05) is 16.4 Å². The second-order valence-corrected chi connectivity index (χ2v) is 9.63. The van der Waals surface area contributed by atoms with Gasteiger partial charge in [-0.05, 0) is 61.1 Å². The van der Waals surface area contributed by atoms with Crippen LogP contribution in [0.4, 0.5) is 0 Å². The number of fused-ring (bicyclic) bond motifs is 3. The topological polar surface area (TPSA) is 73.1 Å². The lowest BCUT2D eigenvalue weighted by Crippen LogP contribution is -2.41. The molecule has 0 atom stereocenters. The van der Waals surface area contributed by atoms with E-state index < -0.39 is 5.69 Å². The van der Waals surface area contributed by atoms with Crippen molar-refractivity contribution in [2.24, 2.45) is 0 Å². The first-order chi connectivity index (χ1) is 16.0. The molecule has 0 fully saturated rings. The number of aromatic nitrogens is 2. The maximum atomic E-state index is 13.5. The van der Waals surface area contributed by atoms with Gasteiger partial charge in [0.05, 0.1) is 11.1 Å². The number of hydrogen-bond donors (Lipinski definition) is 1. The van der Waals surface area contributed by atoms with Crippen molar-refractivity contribution in [1.29, 1.82) is 0 Å². The number of halogens is 1. The molecule has 5 rings (SSSR count). The fourth-order valence-electron chi connectivity index (χ4n) is 4.35. The Morgan fingerprint density at radius 3 is 2.55 bits per heavy atom. The maximum Gasteiger partial charge on any atom is 0.337 e. The summed E-state index contributed by atoms with van der Waals surface area (Å²) in [5.41, 5.74) is 1.72. The molecule has 33 heavy (non-hydrogen) atoms. The molecule has 0 saturated carbocycles. The Balaban J connectivity index is 1.52. The van der Waals surface area contributed by atoms with E-state index in [0.29, 0.717) is 33.9 Å². The largest absolute Gasteiger partial charge is 0.354 e. The molecule has 2 aromatic carbocycles. The smallest absolute Gasteiger partial charge is 0.337 e. The highest BCUT2D eigenvalue weighted by molar-refractivity contribution is 7.19. The number of benzene rings is 2. The number of thiophene rings is 1. The Morgan fingerprint density at radius 1 is 1.03 bits per heavy atom. The van der Waals surface area contributed by atoms with E-state index in [9.17, 15) is 14.4 Å². The lowest BCUT2D eigenvalue weighted by atomic mass is 10.1. The number of nitrogens with zero attached hydrogens (tertiary/aromatic N) is 2. The van der Waals surface area contributed by atoms with Gasteiger partial charge in [0.2, 0.25) is 5.91 Å². The summed E-state index contributed by atoms with van der Waals surface area (Å²) in [4.78, 5) is 41.4. The third-order valence-electron chi connectivity index (χ3n) is 5.95. The van der Waals surface area contributed by atoms with E-state index >= 15 is 0 Å². The van der Waals surface area contributed by atoms with E-state index in [-0.39, 0.29) is 18.0 Å². The first kappa shape index (κ1) is 21.7. The molecule has 2 aromatic heterocycles. The molecule has 4 aromatic rings. The number of carbonyl (C=O) groups excluding carboxylic acids is 1. The van der Waals surface area contributed by atoms with Crippen LogP contribution in [0.1, 0.15) is 22.4 Å². The Labute approximate surface area is 199 Å². The summed E-state index contributed by atoms with van der Waals surface area (Å²) in [6.45, 7) is 0.329. The van der Waals surface area contributed by atoms with Gasteiger partial charge < -0.3 is 5.32 Å². The Morgan fingerprint density at radius 2 is 1.79 bits per heavy atom. The van der Waals surface area contributed by atoms with Crippen LogP contribution in [0.3, 0.4) is 0 Å². The summed E-state index contributed by atoms with van der Waals surface area (Å²) in [7, 11) is 0. The number of amides is 1. The van der Waals surface area contributed by atoms with Crippen LogP contribution in [0, 0.1) is 0 Å². The van der Waals surface area contributed by atoms with Crippen LogP contribution in [0.5, 0.6) is 0 Å². The summed E-state index contributed by atoms with van der Waals surface area (Å²) < 4.78 is 2.59. The molecule has 0 spiro atoms. The van der Waals surface area contributed by atoms with Crippen LogP contribution in [-0.2, 0) is 30.6 Å². The highest BCUT2D eigenvalue weighted by Gasteiger charge is 2.25. The van der Waals surface area contributed by atoms with Crippen LogP contribution < -0.4 is 16.6 Å². The average molecular weight is 480 g/mol. The van der Waals surface area contributed by atoms with Crippen molar-refractivity contribution in [3.05, 3.63) is 96.5 Å². The number of carbonyl (C=O) groups is 1. The van der Waals surface area contributed by atoms with Gasteiger partial charge in [-0.25, -0.2) is 9.36 Å². The standard InChI is InChI=1S/C25H22ClN3O3S/c26-17-9-11-18(12-10-17)29-23(31)22-19-7-4-8-20(19)33-24(22)28(25(29)32)15-21(30)27-14-13-16-5-2-1-3-6-16/h1-3,5-6,9-12H,4,7-8,13-15H2,(H,27,30). The molecule has 2 heterocycles. The quantitative estimate of drug-likeness (QED) is 0.458. The molecule has 1 amide bonds. The highest BCUT2D eigenvalue weighted by atomic mass is 35.5. The molecule has 168 valence electrons. The minimum Gasteiger partial charge on any atom is -0.354 e. The predicted molar refractivity (Wildman–Crippen MR) is 132 cm³/mol. The van der Waals surface area contributed by atoms with Crippen molar-refractivity contribution >= 4 is 39.1 Å². The fourth-order valence-corrected chi connectivity index (χ4v) is 5.85. The second-order valence-electron chi connectivity index (χ2n) is 8.11. The summed E-state index contributed by atoms with van der Waals surface area (Å²) >= 11 is 7.46. The van der Waals surface area contributed by atoms with Gasteiger partial charge in [-0.1, -0.05) is 41.9 Å². The SMILES string of the molecule is O=C(Cn1c(=O)n(-c2ccc(Cl)cc2)c(=O)c2c3c(sc21)CCC3)NCCc1ccccc1. The van der Waals surface area contributed by atoms with Gasteiger partial charge in [-0.2, -0.15) is 0 Å². The minimum absolute atomic E-state index is 0.141. The highest BCUT2D eigenvalue weighted by Crippen LogP contribution is 2.35. The number of hydrogen-bond acceptors (Lipinski definition) is 4. The fraction of sp³-hybridized carbons (Fsp3) is 0.240. The van der Waals surface area contributed by atoms with Crippen LogP contribution >= 0.6 is 22.9 Å². The lowest BCUT2D eigenvalue weighted by molar-refractivity contribution is -0.121. The van der Waals surface area contributed by atoms with Crippen LogP contribution in [0.25, 0.3) is 15.9 Å². The van der Waals surface area contributed by atoms with Gasteiger partial charge >= 0.3 is 5.69 Å². The third kappa shape index (κ3) is 4.14. The first-order valence-electron chi connectivity index (χ1n) is 10.9. The third-order valence-corrected chi connectivity index (χ3v) is 7.52. The van der Waals surface area contributed by atoms with Crippen LogP contribution in [-0.4, -0.2) is 21.6 Å². The van der Waals surface area contributed by atoms with E-state index in [4.69, 9.17) is 11.6 Å². The van der Waals surface area contributed by atoms with Crippen LogP contribution in [0.2, 0.25) is 5.02 Å². The summed E-state index contributed by atoms with van der Waals surface area (Å²) in [6, 6.07) is 16.5. The molecule has 8 heteroatoms. The van der Waals surface area contributed by atoms with E-state index in [0.717, 1.165) is 39.8 Å². The van der Waals surface area contributed by atoms with Gasteiger partial charge in [0.15, 0.2) is 0 Å². The number of rotatable bonds is 6. The van der Waals surface area contributed by atoms with Crippen molar-refractivity contribution in [2.45, 2.75) is 32.2 Å². The number of aryl methyl sites for hydroxylation is 2. The molecule has 1 aliphatic carbocycles. The normalized spacial score (nSPS) is 12.8. The Bertz CT molecular complexity index is 1450. The minimum atomic E-state index is -0.520. The summed E-state index contributed by atoms with van der Waals surface area (Å²) in [5.74, 6) is -0.260. The van der Waals surface area contributed by atoms with Crippen molar-refractivity contribution in [2.75, 3.05) is 6.54 Å². The second kappa shape index (κ2) is 9.00. The van der Waals surface area contributed by atoms with Gasteiger partial charge in [-0.15, -0.1) is 11.3 Å². The molecular formula is C25H22ClN3O3S. The molecule has 0 bridgehead atoms. The van der Waals surface area contributed by atoms with Gasteiger partial charge in [0.1, 0.15) is 11.4 Å². The van der Waals surface area contributed by atoms with Gasteiger partial charge in [-0.3, -0.25) is 14.2 Å². The first-order valence-corrected chi connectivity index (χ1v) is 12.1. The molecule has 0 saturated heterocycles. The molecular weight excluding hydrogens is 458 g/mol. The van der Waals surface area contributed by atoms with Crippen LogP contribution in [0.15, 0.2) is 64.2 Å². The summed E-state index contributed by atoms with van der Waals surface area (Å²) in [6.07, 6.45) is 3.41. The van der Waals surface area contributed by atoms with E-state index in [1.165, 1.54) is 15.9 Å². The Kier molecular flexibility index (Phi) is 5.91. The molecule has 1 aliphatic rings. The zero-order valence-corrected chi connectivity index (χ0v) is 19.4.